The molecule has 12 rings (SSSR count). The van der Waals surface area contributed by atoms with Gasteiger partial charge < -0.3 is 9.13 Å². The average molecular weight is 789 g/mol. The Bertz CT molecular complexity index is 3430. The van der Waals surface area contributed by atoms with Gasteiger partial charge >= 0.3 is 0 Å². The van der Waals surface area contributed by atoms with E-state index in [4.69, 9.17) is 0 Å². The third kappa shape index (κ3) is 6.04. The van der Waals surface area contributed by atoms with Gasteiger partial charge in [0.15, 0.2) is 0 Å². The van der Waals surface area contributed by atoms with Gasteiger partial charge in [0, 0.05) is 32.9 Å². The van der Waals surface area contributed by atoms with Crippen molar-refractivity contribution in [1.82, 2.24) is 9.13 Å². The van der Waals surface area contributed by atoms with Crippen LogP contribution in [0, 0.1) is 0 Å². The summed E-state index contributed by atoms with van der Waals surface area (Å²) in [5.41, 5.74) is 19.0. The first-order valence-electron chi connectivity index (χ1n) is 21.3. The molecule has 0 saturated heterocycles. The van der Waals surface area contributed by atoms with Crippen LogP contribution >= 0.6 is 0 Å². The summed E-state index contributed by atoms with van der Waals surface area (Å²) in [6, 6.07) is 88.5. The molecule has 0 unspecified atom stereocenters. The van der Waals surface area contributed by atoms with E-state index in [2.05, 4.69) is 252 Å². The summed E-state index contributed by atoms with van der Waals surface area (Å²) in [6.45, 7) is 0. The van der Waals surface area contributed by atoms with Gasteiger partial charge in [-0.1, -0.05) is 170 Å². The standard InChI is InChI=1S/C60H40N2/c1-3-15-41(16-4-1)46-37-47(42-17-5-2-6-18-42)39-48(38-46)51-36-31-45(43-27-32-49(33-28-43)61-57-23-11-7-19-52(57)53-20-8-12-24-58(53)61)40-56(51)44-29-34-50(35-30-44)62-59-25-13-9-21-54(59)55-22-10-14-26-60(55)62/h1-40H. The Kier molecular flexibility index (Phi) is 8.53. The molecule has 0 spiro atoms. The van der Waals surface area contributed by atoms with Crippen LogP contribution < -0.4 is 0 Å². The van der Waals surface area contributed by atoms with Crippen LogP contribution in [-0.4, -0.2) is 9.13 Å². The normalized spacial score (nSPS) is 11.5. The molecule has 0 aliphatic rings. The highest BCUT2D eigenvalue weighted by molar-refractivity contribution is 6.10. The van der Waals surface area contributed by atoms with Crippen molar-refractivity contribution in [2.75, 3.05) is 0 Å². The zero-order valence-corrected chi connectivity index (χ0v) is 34.0. The Balaban J connectivity index is 1.02. The van der Waals surface area contributed by atoms with Crippen LogP contribution in [-0.2, 0) is 0 Å². The molecule has 2 nitrogen and oxygen atoms in total. The maximum atomic E-state index is 2.39. The molecule has 10 aromatic carbocycles. The maximum Gasteiger partial charge on any atom is 0.0541 e. The van der Waals surface area contributed by atoms with E-state index in [0.29, 0.717) is 0 Å². The molecule has 12 aromatic rings. The number of benzene rings is 10. The molecular formula is C60H40N2. The highest BCUT2D eigenvalue weighted by Gasteiger charge is 2.17. The lowest BCUT2D eigenvalue weighted by atomic mass is 9.88. The van der Waals surface area contributed by atoms with Crippen molar-refractivity contribution in [1.29, 1.82) is 0 Å². The Morgan fingerprint density at radius 3 is 0.968 bits per heavy atom. The summed E-state index contributed by atoms with van der Waals surface area (Å²) >= 11 is 0. The largest absolute Gasteiger partial charge is 0.309 e. The van der Waals surface area contributed by atoms with Gasteiger partial charge in [0.2, 0.25) is 0 Å². The van der Waals surface area contributed by atoms with Gasteiger partial charge in [-0.05, 0) is 128 Å². The molecule has 0 radical (unpaired) electrons. The quantitative estimate of drug-likeness (QED) is 0.152. The van der Waals surface area contributed by atoms with E-state index in [1.807, 2.05) is 0 Å². The minimum Gasteiger partial charge on any atom is -0.309 e. The van der Waals surface area contributed by atoms with Gasteiger partial charge in [-0.15, -0.1) is 0 Å². The summed E-state index contributed by atoms with van der Waals surface area (Å²) in [5, 5.41) is 5.06. The van der Waals surface area contributed by atoms with Crippen molar-refractivity contribution in [2.45, 2.75) is 0 Å². The molecule has 0 fully saturated rings. The second kappa shape index (κ2) is 14.8. The Morgan fingerprint density at radius 2 is 0.532 bits per heavy atom. The van der Waals surface area contributed by atoms with Crippen molar-refractivity contribution in [3.63, 3.8) is 0 Å². The number of para-hydroxylation sites is 4. The second-order valence-electron chi connectivity index (χ2n) is 16.1. The van der Waals surface area contributed by atoms with E-state index < -0.39 is 0 Å². The van der Waals surface area contributed by atoms with E-state index >= 15 is 0 Å². The van der Waals surface area contributed by atoms with Crippen molar-refractivity contribution in [3.8, 4) is 67.0 Å². The average Bonchev–Trinajstić information content (AvgIpc) is 3.87. The summed E-state index contributed by atoms with van der Waals surface area (Å²) in [4.78, 5) is 0. The molecule has 2 aromatic heterocycles. The lowest BCUT2D eigenvalue weighted by Gasteiger charge is -2.17. The molecular weight excluding hydrogens is 749 g/mol. The van der Waals surface area contributed by atoms with E-state index in [1.165, 1.54) is 99.2 Å². The molecule has 2 heterocycles. The predicted octanol–water partition coefficient (Wildman–Crippen LogP) is 16.2. The monoisotopic (exact) mass is 788 g/mol. The summed E-state index contributed by atoms with van der Waals surface area (Å²) in [5.74, 6) is 0. The molecule has 62 heavy (non-hydrogen) atoms. The molecule has 2 heteroatoms. The predicted molar refractivity (Wildman–Crippen MR) is 262 cm³/mol. The number of nitrogens with zero attached hydrogens (tertiary/aromatic N) is 2. The van der Waals surface area contributed by atoms with Crippen LogP contribution in [0.1, 0.15) is 0 Å². The number of fused-ring (bicyclic) bond motifs is 6. The van der Waals surface area contributed by atoms with Crippen LogP contribution in [0.5, 0.6) is 0 Å². The van der Waals surface area contributed by atoms with Crippen LogP contribution in [0.4, 0.5) is 0 Å². The molecule has 0 aliphatic carbocycles. The Hall–Kier alpha value is -8.20. The molecule has 0 bridgehead atoms. The topological polar surface area (TPSA) is 9.86 Å². The molecule has 0 N–H and O–H groups in total. The van der Waals surface area contributed by atoms with Gasteiger partial charge in [-0.2, -0.15) is 0 Å². The van der Waals surface area contributed by atoms with Crippen molar-refractivity contribution in [2.24, 2.45) is 0 Å². The minimum atomic E-state index is 1.14. The van der Waals surface area contributed by atoms with E-state index in [-0.39, 0.29) is 0 Å². The van der Waals surface area contributed by atoms with Crippen LogP contribution in [0.2, 0.25) is 0 Å². The van der Waals surface area contributed by atoms with Gasteiger partial charge in [-0.25, -0.2) is 0 Å². The zero-order valence-electron chi connectivity index (χ0n) is 34.0. The SMILES string of the molecule is c1ccc(-c2cc(-c3ccccc3)cc(-c3ccc(-c4ccc(-n5c6ccccc6c6ccccc65)cc4)cc3-c3ccc(-n4c5ccccc5c5ccccc54)cc3)c2)cc1. The Morgan fingerprint density at radius 1 is 0.194 bits per heavy atom. The van der Waals surface area contributed by atoms with Gasteiger partial charge in [0.25, 0.3) is 0 Å². The van der Waals surface area contributed by atoms with E-state index in [9.17, 15) is 0 Å². The summed E-state index contributed by atoms with van der Waals surface area (Å²) in [7, 11) is 0. The summed E-state index contributed by atoms with van der Waals surface area (Å²) < 4.78 is 4.77. The first-order chi connectivity index (χ1) is 30.7. The highest BCUT2D eigenvalue weighted by Crippen LogP contribution is 2.41. The first-order valence-corrected chi connectivity index (χ1v) is 21.3. The van der Waals surface area contributed by atoms with Crippen LogP contribution in [0.25, 0.3) is 111 Å². The van der Waals surface area contributed by atoms with E-state index in [0.717, 1.165) is 11.4 Å². The fraction of sp³-hybridized carbons (Fsp3) is 0. The molecule has 290 valence electrons. The third-order valence-corrected chi connectivity index (χ3v) is 12.5. The second-order valence-corrected chi connectivity index (χ2v) is 16.1. The smallest absolute Gasteiger partial charge is 0.0541 e. The zero-order chi connectivity index (χ0) is 41.0. The maximum absolute atomic E-state index is 2.39. The van der Waals surface area contributed by atoms with Crippen molar-refractivity contribution >= 4 is 43.6 Å². The van der Waals surface area contributed by atoms with Crippen LogP contribution in [0.15, 0.2) is 243 Å². The molecule has 0 saturated carbocycles. The molecule has 0 aliphatic heterocycles. The van der Waals surface area contributed by atoms with Crippen molar-refractivity contribution < 1.29 is 0 Å². The number of hydrogen-bond donors (Lipinski definition) is 0. The van der Waals surface area contributed by atoms with Crippen molar-refractivity contribution in [3.05, 3.63) is 243 Å². The van der Waals surface area contributed by atoms with Gasteiger partial charge in [0.05, 0.1) is 22.1 Å². The van der Waals surface area contributed by atoms with E-state index in [1.54, 1.807) is 0 Å². The van der Waals surface area contributed by atoms with Crippen LogP contribution in [0.3, 0.4) is 0 Å². The first kappa shape index (κ1) is 35.7. The van der Waals surface area contributed by atoms with Gasteiger partial charge in [0.1, 0.15) is 0 Å². The fourth-order valence-electron chi connectivity index (χ4n) is 9.59. The summed E-state index contributed by atoms with van der Waals surface area (Å²) in [6.07, 6.45) is 0. The number of aromatic nitrogens is 2. The lowest BCUT2D eigenvalue weighted by Crippen LogP contribution is -1.95. The molecule has 0 atom stereocenters. The minimum absolute atomic E-state index is 1.14. The fourth-order valence-corrected chi connectivity index (χ4v) is 9.59. The molecule has 0 amide bonds. The lowest BCUT2D eigenvalue weighted by molar-refractivity contribution is 1.18. The Labute approximate surface area is 360 Å². The number of rotatable bonds is 7. The third-order valence-electron chi connectivity index (χ3n) is 12.5. The van der Waals surface area contributed by atoms with Gasteiger partial charge in [-0.3, -0.25) is 0 Å². The number of hydrogen-bond acceptors (Lipinski definition) is 0. The highest BCUT2D eigenvalue weighted by atomic mass is 15.0.